The van der Waals surface area contributed by atoms with Crippen molar-refractivity contribution in [1.82, 2.24) is 0 Å². The third-order valence-electron chi connectivity index (χ3n) is 4.62. The minimum Gasteiger partial charge on any atom is -0.350 e. The van der Waals surface area contributed by atoms with Gasteiger partial charge in [0.05, 0.1) is 5.60 Å². The van der Waals surface area contributed by atoms with Crippen molar-refractivity contribution >= 4 is 0 Å². The van der Waals surface area contributed by atoms with Crippen molar-refractivity contribution in [2.75, 3.05) is 6.61 Å². The molecule has 21 heavy (non-hydrogen) atoms. The maximum atomic E-state index is 6.42. The SMILES string of the molecule is CC.CCCOC1(OC(C)(C)CC)CCC(C(C)C)CC1. The first-order valence-electron chi connectivity index (χ1n) is 9.18. The summed E-state index contributed by atoms with van der Waals surface area (Å²) in [7, 11) is 0. The monoisotopic (exact) mass is 300 g/mol. The number of ether oxygens (including phenoxy) is 2. The van der Waals surface area contributed by atoms with Gasteiger partial charge in [0.25, 0.3) is 0 Å². The van der Waals surface area contributed by atoms with Crippen LogP contribution < -0.4 is 0 Å². The summed E-state index contributed by atoms with van der Waals surface area (Å²) in [4.78, 5) is 0. The van der Waals surface area contributed by atoms with Crippen molar-refractivity contribution in [3.63, 3.8) is 0 Å². The maximum Gasteiger partial charge on any atom is 0.169 e. The van der Waals surface area contributed by atoms with Gasteiger partial charge in [-0.05, 0) is 51.4 Å². The fourth-order valence-electron chi connectivity index (χ4n) is 2.89. The molecular weight excluding hydrogens is 260 g/mol. The summed E-state index contributed by atoms with van der Waals surface area (Å²) in [5.41, 5.74) is -0.0849. The van der Waals surface area contributed by atoms with Crippen molar-refractivity contribution in [3.05, 3.63) is 0 Å². The van der Waals surface area contributed by atoms with Crippen LogP contribution in [0.4, 0.5) is 0 Å². The van der Waals surface area contributed by atoms with E-state index in [4.69, 9.17) is 9.47 Å². The van der Waals surface area contributed by atoms with E-state index in [1.807, 2.05) is 13.8 Å². The van der Waals surface area contributed by atoms with Crippen LogP contribution in [0.3, 0.4) is 0 Å². The Morgan fingerprint density at radius 3 is 2.00 bits per heavy atom. The molecule has 0 aromatic rings. The molecule has 0 N–H and O–H groups in total. The average Bonchev–Trinajstić information content (AvgIpc) is 2.47. The Bertz CT molecular complexity index is 250. The molecule has 1 saturated carbocycles. The maximum absolute atomic E-state index is 6.42. The van der Waals surface area contributed by atoms with Crippen LogP contribution in [0.1, 0.15) is 93.9 Å². The molecule has 0 spiro atoms. The molecule has 2 heteroatoms. The van der Waals surface area contributed by atoms with Crippen LogP contribution in [0, 0.1) is 11.8 Å². The van der Waals surface area contributed by atoms with Crippen LogP contribution >= 0.6 is 0 Å². The van der Waals surface area contributed by atoms with Gasteiger partial charge in [0.2, 0.25) is 0 Å². The van der Waals surface area contributed by atoms with Crippen LogP contribution in [-0.2, 0) is 9.47 Å². The second kappa shape index (κ2) is 9.84. The van der Waals surface area contributed by atoms with E-state index < -0.39 is 0 Å². The Morgan fingerprint density at radius 2 is 1.62 bits per heavy atom. The first-order valence-corrected chi connectivity index (χ1v) is 9.18. The van der Waals surface area contributed by atoms with Gasteiger partial charge in [-0.25, -0.2) is 0 Å². The molecule has 0 unspecified atom stereocenters. The molecule has 1 rings (SSSR count). The van der Waals surface area contributed by atoms with Crippen molar-refractivity contribution < 1.29 is 9.47 Å². The van der Waals surface area contributed by atoms with E-state index in [-0.39, 0.29) is 11.4 Å². The van der Waals surface area contributed by atoms with Gasteiger partial charge < -0.3 is 9.47 Å². The van der Waals surface area contributed by atoms with E-state index in [2.05, 4.69) is 41.5 Å². The molecule has 0 saturated heterocycles. The Kier molecular flexibility index (Phi) is 9.80. The minimum absolute atomic E-state index is 0.0849. The predicted molar refractivity (Wildman–Crippen MR) is 92.6 cm³/mol. The van der Waals surface area contributed by atoms with Gasteiger partial charge in [-0.3, -0.25) is 0 Å². The molecule has 0 aromatic carbocycles. The molecule has 0 aromatic heterocycles. The molecule has 1 aliphatic carbocycles. The van der Waals surface area contributed by atoms with Gasteiger partial charge in [-0.15, -0.1) is 0 Å². The summed E-state index contributed by atoms with van der Waals surface area (Å²) < 4.78 is 12.6. The third kappa shape index (κ3) is 7.15. The molecule has 2 nitrogen and oxygen atoms in total. The van der Waals surface area contributed by atoms with Crippen LogP contribution in [0.15, 0.2) is 0 Å². The molecule has 1 fully saturated rings. The lowest BCUT2D eigenvalue weighted by Gasteiger charge is -2.45. The highest BCUT2D eigenvalue weighted by Crippen LogP contribution is 2.41. The van der Waals surface area contributed by atoms with E-state index >= 15 is 0 Å². The summed E-state index contributed by atoms with van der Waals surface area (Å²) in [6.45, 7) is 18.2. The Hall–Kier alpha value is -0.0800. The lowest BCUT2D eigenvalue weighted by molar-refractivity contribution is -0.299. The van der Waals surface area contributed by atoms with Gasteiger partial charge in [0.15, 0.2) is 5.79 Å². The second-order valence-corrected chi connectivity index (χ2v) is 7.06. The molecule has 0 amide bonds. The highest BCUT2D eigenvalue weighted by molar-refractivity contribution is 4.84. The van der Waals surface area contributed by atoms with Crippen molar-refractivity contribution in [2.45, 2.75) is 105 Å². The number of hydrogen-bond donors (Lipinski definition) is 0. The third-order valence-corrected chi connectivity index (χ3v) is 4.62. The summed E-state index contributed by atoms with van der Waals surface area (Å²) in [6, 6.07) is 0. The van der Waals surface area contributed by atoms with Gasteiger partial charge >= 0.3 is 0 Å². The normalized spacial score (nSPS) is 26.4. The van der Waals surface area contributed by atoms with E-state index in [1.165, 1.54) is 12.8 Å². The lowest BCUT2D eigenvalue weighted by Crippen LogP contribution is -2.46. The topological polar surface area (TPSA) is 18.5 Å². The second-order valence-electron chi connectivity index (χ2n) is 7.06. The average molecular weight is 301 g/mol. The fourth-order valence-corrected chi connectivity index (χ4v) is 2.89. The van der Waals surface area contributed by atoms with Crippen molar-refractivity contribution in [2.24, 2.45) is 11.8 Å². The molecule has 0 heterocycles. The first kappa shape index (κ1) is 20.9. The first-order chi connectivity index (χ1) is 9.84. The van der Waals surface area contributed by atoms with E-state index in [0.29, 0.717) is 0 Å². The Morgan fingerprint density at radius 1 is 1.10 bits per heavy atom. The standard InChI is InChI=1S/C17H34O2.C2H6/c1-7-13-18-17(19-16(5,6)8-2)11-9-15(10-12-17)14(3)4;1-2/h14-15H,7-13H2,1-6H3;1-2H3. The molecule has 1 aliphatic rings. The molecular formula is C19H40O2. The molecule has 0 radical (unpaired) electrons. The summed E-state index contributed by atoms with van der Waals surface area (Å²) in [6.07, 6.45) is 6.67. The van der Waals surface area contributed by atoms with Gasteiger partial charge in [0, 0.05) is 19.4 Å². The largest absolute Gasteiger partial charge is 0.350 e. The smallest absolute Gasteiger partial charge is 0.169 e. The number of rotatable bonds is 7. The Balaban J connectivity index is 0.00000191. The van der Waals surface area contributed by atoms with Crippen LogP contribution in [0.2, 0.25) is 0 Å². The van der Waals surface area contributed by atoms with Gasteiger partial charge in [0.1, 0.15) is 0 Å². The lowest BCUT2D eigenvalue weighted by atomic mass is 9.78. The minimum atomic E-state index is -0.319. The highest BCUT2D eigenvalue weighted by atomic mass is 16.7. The summed E-state index contributed by atoms with van der Waals surface area (Å²) >= 11 is 0. The van der Waals surface area contributed by atoms with Crippen LogP contribution in [0.25, 0.3) is 0 Å². The van der Waals surface area contributed by atoms with Gasteiger partial charge in [-0.2, -0.15) is 0 Å². The molecule has 0 bridgehead atoms. The van der Waals surface area contributed by atoms with Crippen LogP contribution in [0.5, 0.6) is 0 Å². The van der Waals surface area contributed by atoms with Crippen molar-refractivity contribution in [3.8, 4) is 0 Å². The van der Waals surface area contributed by atoms with E-state index in [1.54, 1.807) is 0 Å². The number of hydrogen-bond acceptors (Lipinski definition) is 2. The predicted octanol–water partition coefficient (Wildman–Crippen LogP) is 6.19. The molecule has 0 atom stereocenters. The van der Waals surface area contributed by atoms with E-state index in [9.17, 15) is 0 Å². The van der Waals surface area contributed by atoms with Gasteiger partial charge in [-0.1, -0.05) is 41.5 Å². The summed E-state index contributed by atoms with van der Waals surface area (Å²) in [5.74, 6) is 1.30. The zero-order valence-electron chi connectivity index (χ0n) is 15.9. The Labute approximate surface area is 134 Å². The molecule has 128 valence electrons. The van der Waals surface area contributed by atoms with E-state index in [0.717, 1.165) is 44.1 Å². The van der Waals surface area contributed by atoms with Crippen molar-refractivity contribution in [1.29, 1.82) is 0 Å². The molecule has 0 aliphatic heterocycles. The zero-order valence-corrected chi connectivity index (χ0v) is 15.9. The quantitative estimate of drug-likeness (QED) is 0.522. The highest BCUT2D eigenvalue weighted by Gasteiger charge is 2.41. The summed E-state index contributed by atoms with van der Waals surface area (Å²) in [5, 5.41) is 0. The zero-order chi connectivity index (χ0) is 16.5. The fraction of sp³-hybridized carbons (Fsp3) is 1.00. The van der Waals surface area contributed by atoms with Crippen LogP contribution in [-0.4, -0.2) is 18.0 Å².